The molecule has 26 heavy (non-hydrogen) atoms. The maximum atomic E-state index is 12.5. The van der Waals surface area contributed by atoms with Gasteiger partial charge in [-0.1, -0.05) is 11.6 Å². The van der Waals surface area contributed by atoms with Crippen LogP contribution in [0.15, 0.2) is 30.7 Å². The fraction of sp³-hybridized carbons (Fsp3) is 0.438. The predicted octanol–water partition coefficient (Wildman–Crippen LogP) is 4.35. The van der Waals surface area contributed by atoms with Crippen LogP contribution in [0.1, 0.15) is 19.8 Å². The van der Waals surface area contributed by atoms with Crippen LogP contribution in [-0.2, 0) is 4.79 Å². The van der Waals surface area contributed by atoms with E-state index in [1.807, 2.05) is 0 Å². The average Bonchev–Trinajstić information content (AvgIpc) is 2.99. The van der Waals surface area contributed by atoms with Crippen molar-refractivity contribution in [1.29, 1.82) is 0 Å². The zero-order valence-electron chi connectivity index (χ0n) is 14.2. The summed E-state index contributed by atoms with van der Waals surface area (Å²) in [6.45, 7) is 1.66. The molecule has 2 aromatic rings. The first-order valence-electron chi connectivity index (χ1n) is 7.80. The van der Waals surface area contributed by atoms with Crippen molar-refractivity contribution in [3.05, 3.63) is 35.9 Å². The molecule has 1 unspecified atom stereocenters. The van der Waals surface area contributed by atoms with Crippen LogP contribution in [0.4, 0.5) is 18.9 Å². The SMILES string of the molecule is CC(SCCCC(F)(F)F)C(=O)N(C)c1cn(-c2cccnc2)nc1Cl. The number of anilines is 1. The van der Waals surface area contributed by atoms with E-state index in [0.29, 0.717) is 11.4 Å². The molecule has 10 heteroatoms. The second-order valence-electron chi connectivity index (χ2n) is 5.59. The number of hydrogen-bond acceptors (Lipinski definition) is 4. The van der Waals surface area contributed by atoms with Crippen molar-refractivity contribution >= 4 is 35.0 Å². The molecule has 142 valence electrons. The summed E-state index contributed by atoms with van der Waals surface area (Å²) < 4.78 is 38.0. The second kappa shape index (κ2) is 8.77. The number of amides is 1. The summed E-state index contributed by atoms with van der Waals surface area (Å²) in [5, 5.41) is 3.82. The van der Waals surface area contributed by atoms with Crippen LogP contribution in [0.5, 0.6) is 0 Å². The molecule has 0 aliphatic rings. The summed E-state index contributed by atoms with van der Waals surface area (Å²) in [7, 11) is 1.56. The number of nitrogens with zero attached hydrogens (tertiary/aromatic N) is 4. The van der Waals surface area contributed by atoms with Gasteiger partial charge < -0.3 is 4.90 Å². The number of carbonyl (C=O) groups is 1. The fourth-order valence-corrected chi connectivity index (χ4v) is 3.41. The van der Waals surface area contributed by atoms with E-state index < -0.39 is 17.8 Å². The van der Waals surface area contributed by atoms with E-state index in [1.54, 1.807) is 44.7 Å². The molecule has 5 nitrogen and oxygen atoms in total. The van der Waals surface area contributed by atoms with Crippen molar-refractivity contribution in [3.63, 3.8) is 0 Å². The number of thioether (sulfide) groups is 1. The zero-order chi connectivity index (χ0) is 19.3. The molecule has 0 N–H and O–H groups in total. The lowest BCUT2D eigenvalue weighted by atomic mass is 10.3. The van der Waals surface area contributed by atoms with Gasteiger partial charge >= 0.3 is 6.18 Å². The summed E-state index contributed by atoms with van der Waals surface area (Å²) in [6.07, 6.45) is -0.191. The Labute approximate surface area is 158 Å². The smallest absolute Gasteiger partial charge is 0.310 e. The highest BCUT2D eigenvalue weighted by Gasteiger charge is 2.27. The largest absolute Gasteiger partial charge is 0.389 e. The lowest BCUT2D eigenvalue weighted by Gasteiger charge is -2.20. The van der Waals surface area contributed by atoms with Gasteiger partial charge in [-0.2, -0.15) is 18.3 Å². The zero-order valence-corrected chi connectivity index (χ0v) is 15.8. The Morgan fingerprint density at radius 2 is 2.19 bits per heavy atom. The van der Waals surface area contributed by atoms with Gasteiger partial charge in [-0.25, -0.2) is 4.68 Å². The monoisotopic (exact) mass is 406 g/mol. The number of alkyl halides is 3. The first-order valence-corrected chi connectivity index (χ1v) is 9.23. The van der Waals surface area contributed by atoms with E-state index in [9.17, 15) is 18.0 Å². The molecule has 2 heterocycles. The van der Waals surface area contributed by atoms with Crippen LogP contribution in [0.2, 0.25) is 5.15 Å². The van der Waals surface area contributed by atoms with Gasteiger partial charge in [0.15, 0.2) is 5.15 Å². The molecule has 0 aliphatic carbocycles. The summed E-state index contributed by atoms with van der Waals surface area (Å²) in [5.74, 6) is -0.00205. The Bertz CT molecular complexity index is 739. The normalized spacial score (nSPS) is 12.8. The molecule has 0 radical (unpaired) electrons. The van der Waals surface area contributed by atoms with Gasteiger partial charge in [-0.15, -0.1) is 11.8 Å². The lowest BCUT2D eigenvalue weighted by Crippen LogP contribution is -2.33. The molecule has 2 rings (SSSR count). The Balaban J connectivity index is 1.98. The van der Waals surface area contributed by atoms with Gasteiger partial charge in [0.2, 0.25) is 5.91 Å². The number of rotatable bonds is 7. The van der Waals surface area contributed by atoms with Gasteiger partial charge in [0.25, 0.3) is 0 Å². The maximum absolute atomic E-state index is 12.5. The Morgan fingerprint density at radius 1 is 1.46 bits per heavy atom. The van der Waals surface area contributed by atoms with Gasteiger partial charge in [0.1, 0.15) is 5.69 Å². The van der Waals surface area contributed by atoms with Gasteiger partial charge in [0.05, 0.1) is 23.3 Å². The van der Waals surface area contributed by atoms with Crippen molar-refractivity contribution in [2.75, 3.05) is 17.7 Å². The Hall–Kier alpha value is -1.74. The molecular formula is C16H18ClF3N4OS. The summed E-state index contributed by atoms with van der Waals surface area (Å²) >= 11 is 7.32. The molecule has 2 aromatic heterocycles. The molecule has 0 saturated carbocycles. The number of pyridine rings is 1. The molecule has 0 bridgehead atoms. The average molecular weight is 407 g/mol. The van der Waals surface area contributed by atoms with E-state index in [-0.39, 0.29) is 23.2 Å². The van der Waals surface area contributed by atoms with Crippen molar-refractivity contribution in [2.24, 2.45) is 0 Å². The Kier molecular flexibility index (Phi) is 6.94. The molecular weight excluding hydrogens is 389 g/mol. The molecule has 0 aromatic carbocycles. The minimum Gasteiger partial charge on any atom is -0.310 e. The number of halogens is 4. The molecule has 1 amide bonds. The van der Waals surface area contributed by atoms with E-state index in [2.05, 4.69) is 10.1 Å². The van der Waals surface area contributed by atoms with E-state index >= 15 is 0 Å². The summed E-state index contributed by atoms with van der Waals surface area (Å²) in [4.78, 5) is 17.9. The summed E-state index contributed by atoms with van der Waals surface area (Å²) in [5.41, 5.74) is 1.11. The topological polar surface area (TPSA) is 51.0 Å². The highest BCUT2D eigenvalue weighted by atomic mass is 35.5. The van der Waals surface area contributed by atoms with Gasteiger partial charge in [0, 0.05) is 19.7 Å². The van der Waals surface area contributed by atoms with Crippen LogP contribution in [0, 0.1) is 0 Å². The van der Waals surface area contributed by atoms with E-state index in [4.69, 9.17) is 11.6 Å². The molecule has 0 saturated heterocycles. The third kappa shape index (κ3) is 5.63. The van der Waals surface area contributed by atoms with Crippen molar-refractivity contribution in [3.8, 4) is 5.69 Å². The third-order valence-electron chi connectivity index (χ3n) is 3.57. The quantitative estimate of drug-likeness (QED) is 0.641. The van der Waals surface area contributed by atoms with Crippen molar-refractivity contribution in [1.82, 2.24) is 14.8 Å². The third-order valence-corrected chi connectivity index (χ3v) is 5.07. The fourth-order valence-electron chi connectivity index (χ4n) is 2.19. The maximum Gasteiger partial charge on any atom is 0.389 e. The highest BCUT2D eigenvalue weighted by Crippen LogP contribution is 2.28. The number of carbonyl (C=O) groups excluding carboxylic acids is 1. The lowest BCUT2D eigenvalue weighted by molar-refractivity contribution is -0.134. The number of hydrogen-bond donors (Lipinski definition) is 0. The highest BCUT2D eigenvalue weighted by molar-refractivity contribution is 8.00. The van der Waals surface area contributed by atoms with Gasteiger partial charge in [-0.05, 0) is 31.2 Å². The molecule has 0 spiro atoms. The van der Waals surface area contributed by atoms with Crippen LogP contribution < -0.4 is 4.90 Å². The van der Waals surface area contributed by atoms with Crippen LogP contribution in [0.3, 0.4) is 0 Å². The van der Waals surface area contributed by atoms with Crippen LogP contribution in [0.25, 0.3) is 5.69 Å². The Morgan fingerprint density at radius 3 is 2.81 bits per heavy atom. The second-order valence-corrected chi connectivity index (χ2v) is 7.40. The predicted molar refractivity (Wildman–Crippen MR) is 97.0 cm³/mol. The van der Waals surface area contributed by atoms with E-state index in [0.717, 1.165) is 0 Å². The van der Waals surface area contributed by atoms with Crippen LogP contribution >= 0.6 is 23.4 Å². The molecule has 0 fully saturated rings. The first kappa shape index (κ1) is 20.6. The first-order chi connectivity index (χ1) is 12.2. The van der Waals surface area contributed by atoms with Crippen LogP contribution in [-0.4, -0.2) is 44.9 Å². The van der Waals surface area contributed by atoms with Crippen molar-refractivity contribution in [2.45, 2.75) is 31.2 Å². The standard InChI is InChI=1S/C16H18ClF3N4OS/c1-11(26-8-4-6-16(18,19)20)15(25)23(2)13-10-24(22-14(13)17)12-5-3-7-21-9-12/h3,5,7,9-11H,4,6,8H2,1-2H3. The minimum absolute atomic E-state index is 0.0187. The molecule has 0 aliphatic heterocycles. The van der Waals surface area contributed by atoms with Crippen molar-refractivity contribution < 1.29 is 18.0 Å². The number of aromatic nitrogens is 3. The molecule has 1 atom stereocenters. The summed E-state index contributed by atoms with van der Waals surface area (Å²) in [6, 6.07) is 3.54. The minimum atomic E-state index is -4.17. The van der Waals surface area contributed by atoms with Gasteiger partial charge in [-0.3, -0.25) is 9.78 Å². The van der Waals surface area contributed by atoms with E-state index in [1.165, 1.54) is 21.3 Å².